The molecule has 0 bridgehead atoms. The number of hydrogen-bond donors (Lipinski definition) is 3. The first-order chi connectivity index (χ1) is 7.74. The molecule has 0 saturated carbocycles. The molecule has 1 aromatic rings. The maximum Gasteiger partial charge on any atom is 0.0900 e. The van der Waals surface area contributed by atoms with Crippen LogP contribution in [0.3, 0.4) is 0 Å². The van der Waals surface area contributed by atoms with Gasteiger partial charge in [-0.3, -0.25) is 0 Å². The van der Waals surface area contributed by atoms with Crippen LogP contribution in [0.4, 0.5) is 0 Å². The Bertz CT molecular complexity index is 350. The van der Waals surface area contributed by atoms with Gasteiger partial charge in [0.15, 0.2) is 0 Å². The van der Waals surface area contributed by atoms with Gasteiger partial charge in [-0.2, -0.15) is 0 Å². The molecule has 0 spiro atoms. The molecule has 0 fully saturated rings. The first kappa shape index (κ1) is 12.0. The summed E-state index contributed by atoms with van der Waals surface area (Å²) in [6.45, 7) is 1.97. The molecule has 1 unspecified atom stereocenters. The number of thiazole rings is 1. The average Bonchev–Trinajstić information content (AvgIpc) is 2.67. The predicted octanol–water partition coefficient (Wildman–Crippen LogP) is 0.772. The first-order valence-corrected chi connectivity index (χ1v) is 6.50. The fourth-order valence-corrected chi connectivity index (χ4v) is 3.22. The van der Waals surface area contributed by atoms with Crippen molar-refractivity contribution in [2.24, 2.45) is 0 Å². The van der Waals surface area contributed by atoms with Gasteiger partial charge in [-0.25, -0.2) is 4.98 Å². The van der Waals surface area contributed by atoms with E-state index in [4.69, 9.17) is 10.2 Å². The van der Waals surface area contributed by atoms with E-state index in [2.05, 4.69) is 10.3 Å². The minimum Gasteiger partial charge on any atom is -0.395 e. The maximum absolute atomic E-state index is 9.08. The molecule has 1 atom stereocenters. The second kappa shape index (κ2) is 5.23. The Morgan fingerprint density at radius 2 is 2.25 bits per heavy atom. The fraction of sp³-hybridized carbons (Fsp3) is 0.727. The average molecular weight is 242 g/mol. The number of nitrogens with one attached hydrogen (secondary N) is 1. The van der Waals surface area contributed by atoms with E-state index in [1.165, 1.54) is 10.6 Å². The molecule has 90 valence electrons. The van der Waals surface area contributed by atoms with Crippen LogP contribution in [0.25, 0.3) is 0 Å². The van der Waals surface area contributed by atoms with Crippen molar-refractivity contribution in [2.75, 3.05) is 13.2 Å². The number of nitrogens with zero attached hydrogens (tertiary/aromatic N) is 1. The third-order valence-corrected chi connectivity index (χ3v) is 4.06. The third kappa shape index (κ3) is 2.43. The second-order valence-electron chi connectivity index (χ2n) is 4.22. The van der Waals surface area contributed by atoms with E-state index in [9.17, 15) is 0 Å². The van der Waals surface area contributed by atoms with Crippen molar-refractivity contribution in [1.29, 1.82) is 0 Å². The Morgan fingerprint density at radius 3 is 2.94 bits per heavy atom. The second-order valence-corrected chi connectivity index (χ2v) is 5.45. The number of aryl methyl sites for hydroxylation is 2. The largest absolute Gasteiger partial charge is 0.395 e. The van der Waals surface area contributed by atoms with Gasteiger partial charge in [-0.1, -0.05) is 0 Å². The molecule has 0 aliphatic heterocycles. The van der Waals surface area contributed by atoms with Crippen LogP contribution < -0.4 is 5.32 Å². The molecule has 1 heterocycles. The zero-order valence-electron chi connectivity index (χ0n) is 9.44. The third-order valence-electron chi connectivity index (χ3n) is 2.94. The Labute approximate surface area is 99.3 Å². The maximum atomic E-state index is 9.08. The molecule has 1 aliphatic carbocycles. The minimum absolute atomic E-state index is 0.0277. The van der Waals surface area contributed by atoms with Gasteiger partial charge in [0.25, 0.3) is 0 Å². The first-order valence-electron chi connectivity index (χ1n) is 5.68. The van der Waals surface area contributed by atoms with Gasteiger partial charge in [0.05, 0.1) is 30.0 Å². The Kier molecular flexibility index (Phi) is 3.91. The zero-order valence-corrected chi connectivity index (χ0v) is 10.3. The molecule has 2 rings (SSSR count). The molecule has 0 radical (unpaired) electrons. The number of rotatable bonds is 4. The Balaban J connectivity index is 2.12. The van der Waals surface area contributed by atoms with Crippen LogP contribution in [0, 0.1) is 6.92 Å². The summed E-state index contributed by atoms with van der Waals surface area (Å²) < 4.78 is 0. The molecule has 1 aromatic heterocycles. The highest BCUT2D eigenvalue weighted by Gasteiger charge is 2.25. The van der Waals surface area contributed by atoms with Gasteiger partial charge in [0.1, 0.15) is 0 Å². The Morgan fingerprint density at radius 1 is 1.50 bits per heavy atom. The van der Waals surface area contributed by atoms with Crippen LogP contribution >= 0.6 is 11.3 Å². The summed E-state index contributed by atoms with van der Waals surface area (Å²) in [4.78, 5) is 5.80. The SMILES string of the molecule is Cc1nc2c(s1)C(NC(CO)CO)CCC2. The minimum atomic E-state index is -0.224. The number of aliphatic hydroxyl groups excluding tert-OH is 2. The predicted molar refractivity (Wildman–Crippen MR) is 63.6 cm³/mol. The van der Waals surface area contributed by atoms with Gasteiger partial charge in [0.2, 0.25) is 0 Å². The molecule has 0 amide bonds. The van der Waals surface area contributed by atoms with Crippen molar-refractivity contribution in [3.8, 4) is 0 Å². The van der Waals surface area contributed by atoms with Gasteiger partial charge in [0, 0.05) is 10.9 Å². The number of aromatic nitrogens is 1. The molecule has 4 nitrogen and oxygen atoms in total. The van der Waals surface area contributed by atoms with Crippen molar-refractivity contribution in [2.45, 2.75) is 38.3 Å². The lowest BCUT2D eigenvalue weighted by molar-refractivity contribution is 0.159. The van der Waals surface area contributed by atoms with E-state index in [-0.39, 0.29) is 25.3 Å². The molecule has 3 N–H and O–H groups in total. The van der Waals surface area contributed by atoms with Gasteiger partial charge in [-0.05, 0) is 26.2 Å². The van der Waals surface area contributed by atoms with Crippen LogP contribution in [-0.2, 0) is 6.42 Å². The van der Waals surface area contributed by atoms with Crippen molar-refractivity contribution in [1.82, 2.24) is 10.3 Å². The van der Waals surface area contributed by atoms with Crippen molar-refractivity contribution in [3.63, 3.8) is 0 Å². The van der Waals surface area contributed by atoms with Gasteiger partial charge in [-0.15, -0.1) is 11.3 Å². The van der Waals surface area contributed by atoms with Crippen molar-refractivity contribution in [3.05, 3.63) is 15.6 Å². The smallest absolute Gasteiger partial charge is 0.0900 e. The lowest BCUT2D eigenvalue weighted by Gasteiger charge is -2.26. The van der Waals surface area contributed by atoms with Crippen LogP contribution in [0.1, 0.15) is 34.5 Å². The summed E-state index contributed by atoms with van der Waals surface area (Å²) in [7, 11) is 0. The summed E-state index contributed by atoms with van der Waals surface area (Å²) in [6.07, 6.45) is 3.24. The summed E-state index contributed by atoms with van der Waals surface area (Å²) >= 11 is 1.72. The lowest BCUT2D eigenvalue weighted by Crippen LogP contribution is -2.39. The van der Waals surface area contributed by atoms with E-state index < -0.39 is 0 Å². The summed E-state index contributed by atoms with van der Waals surface area (Å²) in [6, 6.07) is 0.0256. The van der Waals surface area contributed by atoms with E-state index in [0.29, 0.717) is 0 Å². The standard InChI is InChI=1S/C11H18N2O2S/c1-7-12-9-3-2-4-10(11(9)16-7)13-8(5-14)6-15/h8,10,13-15H,2-6H2,1H3. The lowest BCUT2D eigenvalue weighted by atomic mass is 9.97. The van der Waals surface area contributed by atoms with Gasteiger partial charge >= 0.3 is 0 Å². The van der Waals surface area contributed by atoms with Crippen molar-refractivity contribution < 1.29 is 10.2 Å². The summed E-state index contributed by atoms with van der Waals surface area (Å²) in [5.74, 6) is 0. The monoisotopic (exact) mass is 242 g/mol. The highest BCUT2D eigenvalue weighted by atomic mass is 32.1. The quantitative estimate of drug-likeness (QED) is 0.730. The fourth-order valence-electron chi connectivity index (χ4n) is 2.15. The Hall–Kier alpha value is -0.490. The molecule has 16 heavy (non-hydrogen) atoms. The molecular formula is C11H18N2O2S. The van der Waals surface area contributed by atoms with E-state index in [1.54, 1.807) is 11.3 Å². The van der Waals surface area contributed by atoms with Crippen LogP contribution in [0.5, 0.6) is 0 Å². The molecule has 0 aromatic carbocycles. The topological polar surface area (TPSA) is 65.4 Å². The highest BCUT2D eigenvalue weighted by molar-refractivity contribution is 7.11. The van der Waals surface area contributed by atoms with Crippen molar-refractivity contribution >= 4 is 11.3 Å². The highest BCUT2D eigenvalue weighted by Crippen LogP contribution is 2.34. The van der Waals surface area contributed by atoms with E-state index in [1.807, 2.05) is 6.92 Å². The normalized spacial score (nSPS) is 20.1. The van der Waals surface area contributed by atoms with Crippen LogP contribution in [0.15, 0.2) is 0 Å². The number of fused-ring (bicyclic) bond motifs is 1. The van der Waals surface area contributed by atoms with Crippen LogP contribution in [0.2, 0.25) is 0 Å². The summed E-state index contributed by atoms with van der Waals surface area (Å²) in [5.41, 5.74) is 1.20. The number of hydrogen-bond acceptors (Lipinski definition) is 5. The summed E-state index contributed by atoms with van der Waals surface area (Å²) in [5, 5.41) is 22.5. The molecular weight excluding hydrogens is 224 g/mol. The van der Waals surface area contributed by atoms with E-state index in [0.717, 1.165) is 24.3 Å². The van der Waals surface area contributed by atoms with Crippen LogP contribution in [-0.4, -0.2) is 34.5 Å². The molecule has 5 heteroatoms. The number of aliphatic hydroxyl groups is 2. The molecule has 1 aliphatic rings. The zero-order chi connectivity index (χ0) is 11.5. The van der Waals surface area contributed by atoms with E-state index >= 15 is 0 Å². The molecule has 0 saturated heterocycles. The van der Waals surface area contributed by atoms with Gasteiger partial charge < -0.3 is 15.5 Å².